The minimum atomic E-state index is -0.715. The van der Waals surface area contributed by atoms with E-state index in [9.17, 15) is 14.0 Å². The number of imide groups is 1. The third kappa shape index (κ3) is 2.97. The monoisotopic (exact) mass is 346 g/mol. The molecule has 1 aromatic carbocycles. The van der Waals surface area contributed by atoms with Gasteiger partial charge in [0.1, 0.15) is 11.4 Å². The summed E-state index contributed by atoms with van der Waals surface area (Å²) in [6.45, 7) is 5.27. The highest BCUT2D eigenvalue weighted by molar-refractivity contribution is 6.07. The van der Waals surface area contributed by atoms with Crippen LogP contribution >= 0.6 is 0 Å². The Morgan fingerprint density at radius 3 is 2.36 bits per heavy atom. The van der Waals surface area contributed by atoms with E-state index in [0.717, 1.165) is 44.7 Å². The molecule has 4 rings (SSSR count). The largest absolute Gasteiger partial charge is 0.369 e. The highest BCUT2D eigenvalue weighted by atomic mass is 19.1. The maximum absolute atomic E-state index is 13.0. The number of nitrogens with zero attached hydrogens (tertiary/aromatic N) is 3. The molecule has 2 saturated heterocycles. The van der Waals surface area contributed by atoms with Crippen LogP contribution in [0.4, 0.5) is 14.9 Å². The smallest absolute Gasteiger partial charge is 0.326 e. The number of piperazine rings is 1. The quantitative estimate of drug-likeness (QED) is 0.842. The molecule has 0 radical (unpaired) electrons. The van der Waals surface area contributed by atoms with Crippen LogP contribution in [-0.2, 0) is 4.79 Å². The van der Waals surface area contributed by atoms with Crippen molar-refractivity contribution >= 4 is 17.6 Å². The number of hydrogen-bond acceptors (Lipinski definition) is 4. The third-order valence-corrected chi connectivity index (χ3v) is 5.60. The van der Waals surface area contributed by atoms with Gasteiger partial charge in [-0.15, -0.1) is 0 Å². The Labute approximate surface area is 146 Å². The number of carbonyl (C=O) groups is 2. The molecule has 7 heteroatoms. The lowest BCUT2D eigenvalue weighted by atomic mass is 9.96. The second-order valence-corrected chi connectivity index (χ2v) is 7.36. The number of amides is 3. The molecular weight excluding hydrogens is 323 g/mol. The lowest BCUT2D eigenvalue weighted by molar-refractivity contribution is -0.133. The molecule has 134 valence electrons. The van der Waals surface area contributed by atoms with Gasteiger partial charge in [-0.2, -0.15) is 0 Å². The van der Waals surface area contributed by atoms with Crippen LogP contribution in [0.15, 0.2) is 24.3 Å². The van der Waals surface area contributed by atoms with E-state index in [1.165, 1.54) is 17.0 Å². The molecule has 0 spiro atoms. The fourth-order valence-corrected chi connectivity index (χ4v) is 3.78. The van der Waals surface area contributed by atoms with Crippen molar-refractivity contribution in [2.24, 2.45) is 5.92 Å². The zero-order valence-electron chi connectivity index (χ0n) is 14.4. The van der Waals surface area contributed by atoms with Crippen molar-refractivity contribution in [2.75, 3.05) is 37.7 Å². The molecule has 25 heavy (non-hydrogen) atoms. The lowest BCUT2D eigenvalue weighted by Gasteiger charge is -2.37. The summed E-state index contributed by atoms with van der Waals surface area (Å²) in [5, 5.41) is 2.89. The van der Waals surface area contributed by atoms with Crippen molar-refractivity contribution in [2.45, 2.75) is 25.3 Å². The van der Waals surface area contributed by atoms with Gasteiger partial charge in [-0.1, -0.05) is 0 Å². The van der Waals surface area contributed by atoms with Crippen LogP contribution in [0, 0.1) is 11.7 Å². The average molecular weight is 346 g/mol. The second kappa shape index (κ2) is 5.98. The number of rotatable bonds is 4. The molecule has 3 fully saturated rings. The molecule has 1 aromatic rings. The maximum Gasteiger partial charge on any atom is 0.326 e. The zero-order valence-corrected chi connectivity index (χ0v) is 14.4. The van der Waals surface area contributed by atoms with Gasteiger partial charge in [0.25, 0.3) is 5.91 Å². The van der Waals surface area contributed by atoms with Gasteiger partial charge in [-0.3, -0.25) is 9.69 Å². The Kier molecular flexibility index (Phi) is 3.91. The van der Waals surface area contributed by atoms with E-state index in [4.69, 9.17) is 0 Å². The predicted octanol–water partition coefficient (Wildman–Crippen LogP) is 1.63. The van der Waals surface area contributed by atoms with Crippen LogP contribution in [0.2, 0.25) is 0 Å². The van der Waals surface area contributed by atoms with Crippen molar-refractivity contribution in [3.63, 3.8) is 0 Å². The van der Waals surface area contributed by atoms with E-state index in [1.807, 2.05) is 6.92 Å². The number of nitrogens with one attached hydrogen (secondary N) is 1. The van der Waals surface area contributed by atoms with E-state index >= 15 is 0 Å². The van der Waals surface area contributed by atoms with Crippen LogP contribution in [0.1, 0.15) is 19.8 Å². The SMILES string of the molecule is C[C@]1(C2CC2)NC(=O)N(CN2CCN(c3ccc(F)cc3)CC2)C1=O. The first-order chi connectivity index (χ1) is 12.0. The molecule has 3 aliphatic rings. The molecule has 1 aliphatic carbocycles. The summed E-state index contributed by atoms with van der Waals surface area (Å²) >= 11 is 0. The van der Waals surface area contributed by atoms with Gasteiger partial charge in [-0.05, 0) is 49.9 Å². The summed E-state index contributed by atoms with van der Waals surface area (Å²) in [7, 11) is 0. The molecule has 0 unspecified atom stereocenters. The minimum Gasteiger partial charge on any atom is -0.369 e. The molecule has 3 amide bonds. The van der Waals surface area contributed by atoms with Gasteiger partial charge >= 0.3 is 6.03 Å². The highest BCUT2D eigenvalue weighted by Crippen LogP contribution is 2.42. The first kappa shape index (κ1) is 16.3. The Hall–Kier alpha value is -2.15. The van der Waals surface area contributed by atoms with E-state index in [0.29, 0.717) is 6.67 Å². The van der Waals surface area contributed by atoms with Crippen molar-refractivity contribution in [1.29, 1.82) is 0 Å². The van der Waals surface area contributed by atoms with Gasteiger partial charge in [0.05, 0.1) is 6.67 Å². The maximum atomic E-state index is 13.0. The van der Waals surface area contributed by atoms with Crippen LogP contribution in [0.5, 0.6) is 0 Å². The number of carbonyl (C=O) groups excluding carboxylic acids is 2. The molecule has 0 bridgehead atoms. The predicted molar refractivity (Wildman–Crippen MR) is 91.6 cm³/mol. The fraction of sp³-hybridized carbons (Fsp3) is 0.556. The van der Waals surface area contributed by atoms with Gasteiger partial charge in [0.2, 0.25) is 0 Å². The van der Waals surface area contributed by atoms with Crippen molar-refractivity contribution in [3.8, 4) is 0 Å². The number of urea groups is 1. The van der Waals surface area contributed by atoms with E-state index < -0.39 is 5.54 Å². The van der Waals surface area contributed by atoms with E-state index in [-0.39, 0.29) is 23.7 Å². The number of halogens is 1. The Morgan fingerprint density at radius 2 is 1.76 bits per heavy atom. The van der Waals surface area contributed by atoms with Crippen molar-refractivity contribution in [3.05, 3.63) is 30.1 Å². The molecule has 2 aliphatic heterocycles. The minimum absolute atomic E-state index is 0.0963. The number of anilines is 1. The van der Waals surface area contributed by atoms with Crippen LogP contribution in [0.25, 0.3) is 0 Å². The molecule has 6 nitrogen and oxygen atoms in total. The Bertz CT molecular complexity index is 683. The van der Waals surface area contributed by atoms with Gasteiger partial charge in [0, 0.05) is 31.9 Å². The van der Waals surface area contributed by atoms with E-state index in [1.54, 1.807) is 12.1 Å². The van der Waals surface area contributed by atoms with Crippen LogP contribution in [-0.4, -0.2) is 60.1 Å². The molecule has 1 atom stereocenters. The topological polar surface area (TPSA) is 55.9 Å². The van der Waals surface area contributed by atoms with E-state index in [2.05, 4.69) is 15.1 Å². The summed E-state index contributed by atoms with van der Waals surface area (Å²) < 4.78 is 13.0. The lowest BCUT2D eigenvalue weighted by Crippen LogP contribution is -2.52. The van der Waals surface area contributed by atoms with Gasteiger partial charge in [0.15, 0.2) is 0 Å². The summed E-state index contributed by atoms with van der Waals surface area (Å²) in [4.78, 5) is 30.6. The van der Waals surface area contributed by atoms with Crippen LogP contribution < -0.4 is 10.2 Å². The fourth-order valence-electron chi connectivity index (χ4n) is 3.78. The first-order valence-electron chi connectivity index (χ1n) is 8.84. The third-order valence-electron chi connectivity index (χ3n) is 5.60. The summed E-state index contributed by atoms with van der Waals surface area (Å²) in [5.41, 5.74) is 0.282. The highest BCUT2D eigenvalue weighted by Gasteiger charge is 2.56. The first-order valence-corrected chi connectivity index (χ1v) is 8.84. The Balaban J connectivity index is 1.35. The molecule has 0 aromatic heterocycles. The Morgan fingerprint density at radius 1 is 1.12 bits per heavy atom. The van der Waals surface area contributed by atoms with Crippen molar-refractivity contribution < 1.29 is 14.0 Å². The normalized spacial score (nSPS) is 27.8. The summed E-state index contributed by atoms with van der Waals surface area (Å²) in [6, 6.07) is 6.22. The van der Waals surface area contributed by atoms with Crippen molar-refractivity contribution in [1.82, 2.24) is 15.1 Å². The second-order valence-electron chi connectivity index (χ2n) is 7.36. The number of hydrogen-bond donors (Lipinski definition) is 1. The molecule has 2 heterocycles. The summed E-state index contributed by atoms with van der Waals surface area (Å²) in [5.74, 6) is -0.0510. The average Bonchev–Trinajstić information content (AvgIpc) is 3.43. The van der Waals surface area contributed by atoms with Gasteiger partial charge in [-0.25, -0.2) is 14.1 Å². The molecule has 1 N–H and O–H groups in total. The van der Waals surface area contributed by atoms with Gasteiger partial charge < -0.3 is 10.2 Å². The zero-order chi connectivity index (χ0) is 17.6. The molecule has 1 saturated carbocycles. The summed E-state index contributed by atoms with van der Waals surface area (Å²) in [6.07, 6.45) is 2.01. The number of benzene rings is 1. The van der Waals surface area contributed by atoms with Crippen LogP contribution in [0.3, 0.4) is 0 Å². The standard InChI is InChI=1S/C18H23FN4O2/c1-18(13-2-3-13)16(24)23(17(25)20-18)12-21-8-10-22(11-9-21)15-6-4-14(19)5-7-15/h4-7,13H,2-3,8-12H2,1H3,(H,20,25)/t18-/m1/s1. The molecular formula is C18H23FN4O2.